The van der Waals surface area contributed by atoms with Crippen molar-refractivity contribution in [3.05, 3.63) is 83.4 Å². The minimum absolute atomic E-state index is 0.0620. The summed E-state index contributed by atoms with van der Waals surface area (Å²) in [6.45, 7) is 6.71. The van der Waals surface area contributed by atoms with Crippen molar-refractivity contribution in [2.24, 2.45) is 5.10 Å². The first-order chi connectivity index (χ1) is 16.8. The second kappa shape index (κ2) is 12.0. The Hall–Kier alpha value is -3.85. The Labute approximate surface area is 205 Å². The fraction of sp³-hybridized carbons (Fsp3) is 0.231. The Bertz CT molecular complexity index is 1290. The maximum Gasteiger partial charge on any atom is 0.339 e. The SMILES string of the molecule is CCCOc1ccc(C(=O)N/N=C/c2cccc(OS(=O)(=O)c3ccc(C)cc3)c2)cc1OCC. The van der Waals surface area contributed by atoms with Gasteiger partial charge in [0.2, 0.25) is 0 Å². The minimum atomic E-state index is -3.97. The van der Waals surface area contributed by atoms with Gasteiger partial charge in [0.15, 0.2) is 11.5 Å². The summed E-state index contributed by atoms with van der Waals surface area (Å²) in [4.78, 5) is 12.6. The lowest BCUT2D eigenvalue weighted by atomic mass is 10.2. The van der Waals surface area contributed by atoms with E-state index in [0.29, 0.717) is 35.8 Å². The fourth-order valence-corrected chi connectivity index (χ4v) is 3.93. The van der Waals surface area contributed by atoms with E-state index in [-0.39, 0.29) is 10.6 Å². The first-order valence-electron chi connectivity index (χ1n) is 11.2. The van der Waals surface area contributed by atoms with E-state index >= 15 is 0 Å². The number of hydrogen-bond acceptors (Lipinski definition) is 7. The molecule has 0 saturated heterocycles. The highest BCUT2D eigenvalue weighted by atomic mass is 32.2. The molecule has 0 aromatic heterocycles. The number of carbonyl (C=O) groups excluding carboxylic acids is 1. The molecule has 3 aromatic carbocycles. The van der Waals surface area contributed by atoms with Crippen LogP contribution in [-0.2, 0) is 10.1 Å². The van der Waals surface area contributed by atoms with Crippen molar-refractivity contribution in [1.82, 2.24) is 5.43 Å². The molecule has 8 nitrogen and oxygen atoms in total. The van der Waals surface area contributed by atoms with E-state index in [2.05, 4.69) is 10.5 Å². The van der Waals surface area contributed by atoms with Gasteiger partial charge in [0, 0.05) is 5.56 Å². The van der Waals surface area contributed by atoms with Crippen LogP contribution in [0.2, 0.25) is 0 Å². The van der Waals surface area contributed by atoms with Gasteiger partial charge in [-0.25, -0.2) is 5.43 Å². The van der Waals surface area contributed by atoms with E-state index in [1.54, 1.807) is 42.5 Å². The number of amides is 1. The van der Waals surface area contributed by atoms with Crippen molar-refractivity contribution in [3.63, 3.8) is 0 Å². The molecule has 0 aliphatic rings. The van der Waals surface area contributed by atoms with Gasteiger partial charge in [0.05, 0.1) is 19.4 Å². The Morgan fingerprint density at radius 1 is 0.971 bits per heavy atom. The highest BCUT2D eigenvalue weighted by Gasteiger charge is 2.16. The largest absolute Gasteiger partial charge is 0.490 e. The van der Waals surface area contributed by atoms with E-state index in [9.17, 15) is 13.2 Å². The maximum atomic E-state index is 12.5. The van der Waals surface area contributed by atoms with Crippen molar-refractivity contribution >= 4 is 22.2 Å². The maximum absolute atomic E-state index is 12.5. The average molecular weight is 497 g/mol. The fourth-order valence-electron chi connectivity index (χ4n) is 3.01. The van der Waals surface area contributed by atoms with Crippen LogP contribution in [0.1, 0.15) is 41.8 Å². The monoisotopic (exact) mass is 496 g/mol. The number of rotatable bonds is 11. The third-order valence-corrected chi connectivity index (χ3v) is 5.98. The lowest BCUT2D eigenvalue weighted by molar-refractivity contribution is 0.0954. The lowest BCUT2D eigenvalue weighted by Gasteiger charge is -2.12. The molecule has 0 atom stereocenters. The molecular weight excluding hydrogens is 468 g/mol. The van der Waals surface area contributed by atoms with Gasteiger partial charge in [-0.15, -0.1) is 0 Å². The van der Waals surface area contributed by atoms with Gasteiger partial charge in [-0.2, -0.15) is 13.5 Å². The van der Waals surface area contributed by atoms with Crippen molar-refractivity contribution in [2.45, 2.75) is 32.1 Å². The lowest BCUT2D eigenvalue weighted by Crippen LogP contribution is -2.17. The molecule has 0 heterocycles. The number of hydrazone groups is 1. The zero-order valence-electron chi connectivity index (χ0n) is 19.9. The highest BCUT2D eigenvalue weighted by molar-refractivity contribution is 7.87. The molecule has 0 unspecified atom stereocenters. The van der Waals surface area contributed by atoms with Gasteiger partial charge in [0.25, 0.3) is 5.91 Å². The smallest absolute Gasteiger partial charge is 0.339 e. The van der Waals surface area contributed by atoms with Crippen molar-refractivity contribution < 1.29 is 26.9 Å². The highest BCUT2D eigenvalue weighted by Crippen LogP contribution is 2.28. The zero-order valence-corrected chi connectivity index (χ0v) is 20.7. The molecule has 0 radical (unpaired) electrons. The second-order valence-corrected chi connectivity index (χ2v) is 9.11. The summed E-state index contributed by atoms with van der Waals surface area (Å²) in [6.07, 6.45) is 2.25. The summed E-state index contributed by atoms with van der Waals surface area (Å²) < 4.78 is 41.5. The van der Waals surface area contributed by atoms with E-state index in [4.69, 9.17) is 13.7 Å². The van der Waals surface area contributed by atoms with Crippen LogP contribution in [0.5, 0.6) is 17.2 Å². The van der Waals surface area contributed by atoms with Gasteiger partial charge < -0.3 is 13.7 Å². The number of benzene rings is 3. The standard InChI is InChI=1S/C26H28N2O6S/c1-4-15-33-24-14-11-21(17-25(24)32-5-2)26(29)28-27-18-20-7-6-8-22(16-20)34-35(30,31)23-12-9-19(3)10-13-23/h6-14,16-18H,4-5,15H2,1-3H3,(H,28,29)/b27-18+. The van der Waals surface area contributed by atoms with Crippen LogP contribution in [0.15, 0.2) is 76.7 Å². The summed E-state index contributed by atoms with van der Waals surface area (Å²) >= 11 is 0. The van der Waals surface area contributed by atoms with Gasteiger partial charge >= 0.3 is 10.1 Å². The third-order valence-electron chi connectivity index (χ3n) is 4.72. The summed E-state index contributed by atoms with van der Waals surface area (Å²) in [5.41, 5.74) is 4.30. The van der Waals surface area contributed by atoms with Crippen molar-refractivity contribution in [3.8, 4) is 17.2 Å². The number of carbonyl (C=O) groups is 1. The molecular formula is C26H28N2O6S. The molecule has 0 aliphatic heterocycles. The van der Waals surface area contributed by atoms with E-state index in [1.807, 2.05) is 20.8 Å². The molecule has 1 amide bonds. The molecule has 3 aromatic rings. The molecule has 0 fully saturated rings. The third kappa shape index (κ3) is 7.31. The molecule has 3 rings (SSSR count). The van der Waals surface area contributed by atoms with Crippen LogP contribution >= 0.6 is 0 Å². The molecule has 0 spiro atoms. The number of hydrogen-bond donors (Lipinski definition) is 1. The second-order valence-electron chi connectivity index (χ2n) is 7.57. The van der Waals surface area contributed by atoms with Crippen LogP contribution in [0, 0.1) is 6.92 Å². The minimum Gasteiger partial charge on any atom is -0.490 e. The molecule has 35 heavy (non-hydrogen) atoms. The van der Waals surface area contributed by atoms with Gasteiger partial charge in [0.1, 0.15) is 10.6 Å². The number of aryl methyl sites for hydroxylation is 1. The predicted octanol–water partition coefficient (Wildman–Crippen LogP) is 4.71. The van der Waals surface area contributed by atoms with E-state index < -0.39 is 16.0 Å². The predicted molar refractivity (Wildman–Crippen MR) is 134 cm³/mol. The van der Waals surface area contributed by atoms with Crippen LogP contribution in [0.3, 0.4) is 0 Å². The Morgan fingerprint density at radius 2 is 1.74 bits per heavy atom. The number of ether oxygens (including phenoxy) is 2. The van der Waals surface area contributed by atoms with E-state index in [1.165, 1.54) is 30.5 Å². The van der Waals surface area contributed by atoms with Crippen molar-refractivity contribution in [2.75, 3.05) is 13.2 Å². The molecule has 184 valence electrons. The van der Waals surface area contributed by atoms with Crippen LogP contribution in [0.4, 0.5) is 0 Å². The first-order valence-corrected chi connectivity index (χ1v) is 12.6. The zero-order chi connectivity index (χ0) is 25.3. The van der Waals surface area contributed by atoms with Gasteiger partial charge in [-0.05, 0) is 68.3 Å². The quantitative estimate of drug-likeness (QED) is 0.234. The molecule has 0 saturated carbocycles. The molecule has 0 bridgehead atoms. The van der Waals surface area contributed by atoms with Crippen LogP contribution < -0.4 is 19.1 Å². The Kier molecular flexibility index (Phi) is 8.86. The van der Waals surface area contributed by atoms with Crippen LogP contribution in [-0.4, -0.2) is 33.8 Å². The normalized spacial score (nSPS) is 11.3. The van der Waals surface area contributed by atoms with Gasteiger partial charge in [-0.3, -0.25) is 4.79 Å². The van der Waals surface area contributed by atoms with Crippen LogP contribution in [0.25, 0.3) is 0 Å². The average Bonchev–Trinajstić information content (AvgIpc) is 2.83. The van der Waals surface area contributed by atoms with E-state index in [0.717, 1.165) is 12.0 Å². The summed E-state index contributed by atoms with van der Waals surface area (Å²) in [6, 6.07) is 17.7. The van der Waals surface area contributed by atoms with Crippen molar-refractivity contribution in [1.29, 1.82) is 0 Å². The molecule has 0 aliphatic carbocycles. The summed E-state index contributed by atoms with van der Waals surface area (Å²) in [7, 11) is -3.97. The Morgan fingerprint density at radius 3 is 2.46 bits per heavy atom. The summed E-state index contributed by atoms with van der Waals surface area (Å²) in [5.74, 6) is 0.756. The first kappa shape index (κ1) is 25.8. The molecule has 1 N–H and O–H groups in total. The van der Waals surface area contributed by atoms with Gasteiger partial charge in [-0.1, -0.05) is 36.8 Å². The Balaban J connectivity index is 1.66. The molecule has 9 heteroatoms. The topological polar surface area (TPSA) is 103 Å². The number of nitrogens with one attached hydrogen (secondary N) is 1. The number of nitrogens with zero attached hydrogens (tertiary/aromatic N) is 1. The summed E-state index contributed by atoms with van der Waals surface area (Å²) in [5, 5.41) is 3.97.